The number of aryl methyl sites for hydroxylation is 1. The first-order valence-corrected chi connectivity index (χ1v) is 9.70. The van der Waals surface area contributed by atoms with Crippen LogP contribution in [0, 0.1) is 17.0 Å². The average Bonchev–Trinajstić information content (AvgIpc) is 3.22. The Labute approximate surface area is 164 Å². The smallest absolute Gasteiger partial charge is 0.270 e. The largest absolute Gasteiger partial charge is 0.370 e. The first kappa shape index (κ1) is 17.2. The van der Waals surface area contributed by atoms with Crippen LogP contribution in [-0.2, 0) is 17.8 Å². The second-order valence-corrected chi connectivity index (χ2v) is 8.63. The summed E-state index contributed by atoms with van der Waals surface area (Å²) in [5.41, 5.74) is 2.33. The maximum absolute atomic E-state index is 11.1. The first-order valence-electron chi connectivity index (χ1n) is 8.89. The van der Waals surface area contributed by atoms with E-state index >= 15 is 0 Å². The van der Waals surface area contributed by atoms with Crippen LogP contribution >= 0.6 is 11.3 Å². The van der Waals surface area contributed by atoms with Crippen LogP contribution in [0.3, 0.4) is 0 Å². The van der Waals surface area contributed by atoms with Gasteiger partial charge in [-0.3, -0.25) is 10.1 Å². The van der Waals surface area contributed by atoms with Gasteiger partial charge < -0.3 is 4.74 Å². The Morgan fingerprint density at radius 2 is 2.14 bits per heavy atom. The molecule has 8 nitrogen and oxygen atoms in total. The third kappa shape index (κ3) is 2.58. The molecule has 1 aromatic carbocycles. The van der Waals surface area contributed by atoms with Crippen molar-refractivity contribution in [1.82, 2.24) is 19.6 Å². The summed E-state index contributed by atoms with van der Waals surface area (Å²) >= 11 is 1.63. The summed E-state index contributed by atoms with van der Waals surface area (Å²) in [5, 5.41) is 16.7. The standard InChI is InChI=1S/C19H17N5O3S/c1-10-20-18-15(13-8-19(2,3)27-9-14(13)28-18)17-21-16(22-23(10)17)11-5-4-6-12(7-11)24(25)26/h4-7H,8-9H2,1-3H3. The summed E-state index contributed by atoms with van der Waals surface area (Å²) in [7, 11) is 0. The van der Waals surface area contributed by atoms with Crippen LogP contribution in [0.1, 0.15) is 30.1 Å². The molecule has 28 heavy (non-hydrogen) atoms. The highest BCUT2D eigenvalue weighted by molar-refractivity contribution is 7.19. The van der Waals surface area contributed by atoms with Gasteiger partial charge in [0, 0.05) is 29.0 Å². The number of aromatic nitrogens is 4. The van der Waals surface area contributed by atoms with Crippen molar-refractivity contribution in [3.63, 3.8) is 0 Å². The molecule has 0 radical (unpaired) electrons. The number of nitrogens with zero attached hydrogens (tertiary/aromatic N) is 5. The zero-order valence-corrected chi connectivity index (χ0v) is 16.4. The lowest BCUT2D eigenvalue weighted by atomic mass is 9.94. The van der Waals surface area contributed by atoms with Crippen LogP contribution in [0.15, 0.2) is 24.3 Å². The molecule has 0 fully saturated rings. The molecule has 0 atom stereocenters. The third-order valence-electron chi connectivity index (χ3n) is 4.98. The fourth-order valence-corrected chi connectivity index (χ4v) is 4.77. The predicted octanol–water partition coefficient (Wildman–Crippen LogP) is 4.07. The van der Waals surface area contributed by atoms with Crippen LogP contribution in [0.25, 0.3) is 27.3 Å². The number of hydrogen-bond donors (Lipinski definition) is 0. The van der Waals surface area contributed by atoms with Crippen molar-refractivity contribution in [2.45, 2.75) is 39.4 Å². The lowest BCUT2D eigenvalue weighted by molar-refractivity contribution is -0.384. The number of non-ortho nitro benzene ring substituents is 1. The second-order valence-electron chi connectivity index (χ2n) is 7.55. The number of thiophene rings is 1. The zero-order valence-electron chi connectivity index (χ0n) is 15.6. The van der Waals surface area contributed by atoms with Crippen molar-refractivity contribution in [2.24, 2.45) is 0 Å². The fraction of sp³-hybridized carbons (Fsp3) is 0.316. The Bertz CT molecular complexity index is 1270. The molecule has 5 rings (SSSR count). The topological polar surface area (TPSA) is 95.5 Å². The molecule has 0 saturated carbocycles. The van der Waals surface area contributed by atoms with E-state index in [1.165, 1.54) is 22.6 Å². The Morgan fingerprint density at radius 3 is 2.93 bits per heavy atom. The third-order valence-corrected chi connectivity index (χ3v) is 6.08. The van der Waals surface area contributed by atoms with Gasteiger partial charge in [-0.2, -0.15) is 4.52 Å². The van der Waals surface area contributed by atoms with E-state index in [-0.39, 0.29) is 11.3 Å². The second kappa shape index (κ2) is 5.79. The van der Waals surface area contributed by atoms with Crippen molar-refractivity contribution in [3.8, 4) is 11.4 Å². The van der Waals surface area contributed by atoms with Crippen LogP contribution in [0.5, 0.6) is 0 Å². The molecule has 0 amide bonds. The lowest BCUT2D eigenvalue weighted by Gasteiger charge is -2.30. The summed E-state index contributed by atoms with van der Waals surface area (Å²) in [4.78, 5) is 22.3. The molecule has 0 unspecified atom stereocenters. The molecule has 0 N–H and O–H groups in total. The van der Waals surface area contributed by atoms with E-state index in [4.69, 9.17) is 14.7 Å². The number of nitro benzene ring substituents is 1. The van der Waals surface area contributed by atoms with Crippen LogP contribution in [0.2, 0.25) is 0 Å². The van der Waals surface area contributed by atoms with Gasteiger partial charge in [-0.1, -0.05) is 12.1 Å². The molecular formula is C19H17N5O3S. The summed E-state index contributed by atoms with van der Waals surface area (Å²) in [6, 6.07) is 6.38. The van der Waals surface area contributed by atoms with Crippen LogP contribution in [-0.4, -0.2) is 30.1 Å². The Morgan fingerprint density at radius 1 is 1.32 bits per heavy atom. The van der Waals surface area contributed by atoms with Gasteiger partial charge in [0.2, 0.25) is 0 Å². The maximum Gasteiger partial charge on any atom is 0.270 e. The van der Waals surface area contributed by atoms with Crippen molar-refractivity contribution in [1.29, 1.82) is 0 Å². The van der Waals surface area contributed by atoms with Gasteiger partial charge in [-0.05, 0) is 26.3 Å². The van der Waals surface area contributed by atoms with E-state index in [1.807, 2.05) is 6.92 Å². The van der Waals surface area contributed by atoms with Gasteiger partial charge in [-0.25, -0.2) is 9.97 Å². The molecule has 0 bridgehead atoms. The minimum atomic E-state index is -0.415. The summed E-state index contributed by atoms with van der Waals surface area (Å²) in [6.45, 7) is 6.62. The fourth-order valence-electron chi connectivity index (χ4n) is 3.62. The van der Waals surface area contributed by atoms with E-state index in [9.17, 15) is 10.1 Å². The van der Waals surface area contributed by atoms with Crippen molar-refractivity contribution in [2.75, 3.05) is 0 Å². The van der Waals surface area contributed by atoms with E-state index in [2.05, 4.69) is 18.9 Å². The van der Waals surface area contributed by atoms with E-state index in [0.29, 0.717) is 18.0 Å². The van der Waals surface area contributed by atoms with Gasteiger partial charge in [0.15, 0.2) is 11.5 Å². The average molecular weight is 395 g/mol. The van der Waals surface area contributed by atoms with Gasteiger partial charge >= 0.3 is 0 Å². The minimum absolute atomic E-state index is 0.0168. The highest BCUT2D eigenvalue weighted by atomic mass is 32.1. The van der Waals surface area contributed by atoms with Gasteiger partial charge in [0.25, 0.3) is 5.69 Å². The van der Waals surface area contributed by atoms with Crippen molar-refractivity contribution < 1.29 is 9.66 Å². The number of ether oxygens (including phenoxy) is 1. The SMILES string of the molecule is Cc1nc2sc3c(c2c2nc(-c4cccc([N+](=O)[O-])c4)nn12)CC(C)(C)OC3. The molecule has 1 aliphatic heterocycles. The molecule has 3 aromatic heterocycles. The number of benzene rings is 1. The van der Waals surface area contributed by atoms with E-state index in [0.717, 1.165) is 28.1 Å². The quantitative estimate of drug-likeness (QED) is 0.375. The molecule has 142 valence electrons. The monoisotopic (exact) mass is 395 g/mol. The lowest BCUT2D eigenvalue weighted by Crippen LogP contribution is -2.31. The first-order chi connectivity index (χ1) is 13.3. The number of rotatable bonds is 2. The predicted molar refractivity (Wildman–Crippen MR) is 106 cm³/mol. The summed E-state index contributed by atoms with van der Waals surface area (Å²) in [6.07, 6.45) is 0.780. The van der Waals surface area contributed by atoms with E-state index < -0.39 is 4.92 Å². The van der Waals surface area contributed by atoms with Gasteiger partial charge in [0.1, 0.15) is 10.7 Å². The molecule has 4 aromatic rings. The Balaban J connectivity index is 1.76. The molecular weight excluding hydrogens is 378 g/mol. The molecule has 0 aliphatic carbocycles. The van der Waals surface area contributed by atoms with Gasteiger partial charge in [-0.15, -0.1) is 16.4 Å². The van der Waals surface area contributed by atoms with Crippen LogP contribution < -0.4 is 0 Å². The highest BCUT2D eigenvalue weighted by Crippen LogP contribution is 2.40. The number of nitro groups is 1. The highest BCUT2D eigenvalue weighted by Gasteiger charge is 2.31. The minimum Gasteiger partial charge on any atom is -0.370 e. The van der Waals surface area contributed by atoms with E-state index in [1.54, 1.807) is 28.0 Å². The Kier molecular flexibility index (Phi) is 3.56. The molecule has 4 heterocycles. The normalized spacial score (nSPS) is 15.8. The molecule has 1 aliphatic rings. The Hall–Kier alpha value is -2.91. The van der Waals surface area contributed by atoms with Gasteiger partial charge in [0.05, 0.1) is 22.5 Å². The van der Waals surface area contributed by atoms with Crippen molar-refractivity contribution >= 4 is 32.9 Å². The van der Waals surface area contributed by atoms with Crippen LogP contribution in [0.4, 0.5) is 5.69 Å². The molecule has 0 spiro atoms. The summed E-state index contributed by atoms with van der Waals surface area (Å²) < 4.78 is 7.68. The summed E-state index contributed by atoms with van der Waals surface area (Å²) in [5.74, 6) is 1.18. The molecule has 9 heteroatoms. The zero-order chi connectivity index (χ0) is 19.6. The molecule has 0 saturated heterocycles. The number of fused-ring (bicyclic) bond motifs is 5. The number of hydrogen-bond acceptors (Lipinski definition) is 7. The van der Waals surface area contributed by atoms with Crippen molar-refractivity contribution in [3.05, 3.63) is 50.6 Å². The maximum atomic E-state index is 11.1.